The van der Waals surface area contributed by atoms with E-state index in [9.17, 15) is 0 Å². The first kappa shape index (κ1) is 9.55. The van der Waals surface area contributed by atoms with Gasteiger partial charge in [0.05, 0.1) is 0 Å². The van der Waals surface area contributed by atoms with Crippen LogP contribution < -0.4 is 5.73 Å². The number of nitrogens with zero attached hydrogens (tertiary/aromatic N) is 1. The summed E-state index contributed by atoms with van der Waals surface area (Å²) in [5.74, 6) is 0. The Kier molecular flexibility index (Phi) is 3.12. The molecule has 0 saturated carbocycles. The Morgan fingerprint density at radius 3 is 2.67 bits per heavy atom. The third-order valence-corrected chi connectivity index (χ3v) is 2.65. The Morgan fingerprint density at radius 2 is 2.17 bits per heavy atom. The zero-order chi connectivity index (χ0) is 9.14. The molecule has 0 aromatic carbocycles. The Hall–Kier alpha value is -0.540. The molecule has 1 aromatic heterocycles. The van der Waals surface area contributed by atoms with Gasteiger partial charge in [0.2, 0.25) is 0 Å². The van der Waals surface area contributed by atoms with E-state index < -0.39 is 0 Å². The van der Waals surface area contributed by atoms with Crippen LogP contribution in [0.3, 0.4) is 0 Å². The van der Waals surface area contributed by atoms with Crippen molar-refractivity contribution < 1.29 is 0 Å². The number of aromatic nitrogens is 1. The second-order valence-corrected chi connectivity index (χ2v) is 3.58. The SMILES string of the molecule is CSc1cc(C)nc(C)c1CN. The molecule has 12 heavy (non-hydrogen) atoms. The summed E-state index contributed by atoms with van der Waals surface area (Å²) in [5.41, 5.74) is 8.92. The van der Waals surface area contributed by atoms with Gasteiger partial charge in [0.1, 0.15) is 0 Å². The van der Waals surface area contributed by atoms with E-state index in [-0.39, 0.29) is 0 Å². The maximum absolute atomic E-state index is 5.62. The first-order chi connectivity index (χ1) is 5.69. The summed E-state index contributed by atoms with van der Waals surface area (Å²) < 4.78 is 0. The van der Waals surface area contributed by atoms with Crippen LogP contribution in [0.2, 0.25) is 0 Å². The van der Waals surface area contributed by atoms with Gasteiger partial charge in [-0.15, -0.1) is 11.8 Å². The quantitative estimate of drug-likeness (QED) is 0.710. The number of aryl methyl sites for hydroxylation is 2. The van der Waals surface area contributed by atoms with E-state index in [0.29, 0.717) is 6.54 Å². The van der Waals surface area contributed by atoms with Crippen LogP contribution in [0, 0.1) is 13.8 Å². The summed E-state index contributed by atoms with van der Waals surface area (Å²) in [6, 6.07) is 2.08. The molecule has 66 valence electrons. The van der Waals surface area contributed by atoms with E-state index in [1.807, 2.05) is 13.8 Å². The Balaban J connectivity index is 3.24. The molecule has 3 heteroatoms. The van der Waals surface area contributed by atoms with E-state index in [0.717, 1.165) is 11.4 Å². The number of hydrogen-bond acceptors (Lipinski definition) is 3. The number of hydrogen-bond donors (Lipinski definition) is 1. The normalized spacial score (nSPS) is 10.3. The molecule has 1 heterocycles. The molecule has 1 rings (SSSR count). The number of pyridine rings is 1. The van der Waals surface area contributed by atoms with E-state index in [4.69, 9.17) is 5.73 Å². The molecule has 0 aliphatic heterocycles. The lowest BCUT2D eigenvalue weighted by molar-refractivity contribution is 0.946. The molecule has 0 amide bonds. The number of thioether (sulfide) groups is 1. The number of rotatable bonds is 2. The maximum atomic E-state index is 5.62. The lowest BCUT2D eigenvalue weighted by Gasteiger charge is -2.08. The predicted octanol–water partition coefficient (Wildman–Crippen LogP) is 1.88. The molecule has 0 aliphatic rings. The fraction of sp³-hybridized carbons (Fsp3) is 0.444. The molecule has 2 nitrogen and oxygen atoms in total. The topological polar surface area (TPSA) is 38.9 Å². The second-order valence-electron chi connectivity index (χ2n) is 2.73. The Morgan fingerprint density at radius 1 is 1.50 bits per heavy atom. The third kappa shape index (κ3) is 1.79. The van der Waals surface area contributed by atoms with Gasteiger partial charge in [-0.05, 0) is 26.2 Å². The summed E-state index contributed by atoms with van der Waals surface area (Å²) in [6.07, 6.45) is 2.06. The summed E-state index contributed by atoms with van der Waals surface area (Å²) >= 11 is 1.73. The summed E-state index contributed by atoms with van der Waals surface area (Å²) in [6.45, 7) is 4.59. The van der Waals surface area contributed by atoms with Crippen LogP contribution in [-0.2, 0) is 6.54 Å². The summed E-state index contributed by atoms with van der Waals surface area (Å²) in [5, 5.41) is 0. The van der Waals surface area contributed by atoms with Crippen LogP contribution in [0.25, 0.3) is 0 Å². The van der Waals surface area contributed by atoms with Gasteiger partial charge in [0, 0.05) is 28.4 Å². The molecule has 2 N–H and O–H groups in total. The molecule has 0 saturated heterocycles. The zero-order valence-electron chi connectivity index (χ0n) is 7.72. The molecule has 0 radical (unpaired) electrons. The van der Waals surface area contributed by atoms with Gasteiger partial charge < -0.3 is 5.73 Å². The van der Waals surface area contributed by atoms with Crippen molar-refractivity contribution in [2.24, 2.45) is 5.73 Å². The van der Waals surface area contributed by atoms with Crippen LogP contribution in [0.5, 0.6) is 0 Å². The highest BCUT2D eigenvalue weighted by atomic mass is 32.2. The number of nitrogens with two attached hydrogens (primary N) is 1. The highest BCUT2D eigenvalue weighted by Gasteiger charge is 2.04. The van der Waals surface area contributed by atoms with Gasteiger partial charge in [-0.3, -0.25) is 4.98 Å². The lowest BCUT2D eigenvalue weighted by atomic mass is 10.2. The average molecular weight is 182 g/mol. The molecule has 0 atom stereocenters. The van der Waals surface area contributed by atoms with E-state index in [1.165, 1.54) is 10.5 Å². The average Bonchev–Trinajstić information content (AvgIpc) is 2.03. The maximum Gasteiger partial charge on any atom is 0.0431 e. The fourth-order valence-electron chi connectivity index (χ4n) is 1.25. The highest BCUT2D eigenvalue weighted by molar-refractivity contribution is 7.98. The van der Waals surface area contributed by atoms with Crippen molar-refractivity contribution in [1.29, 1.82) is 0 Å². The first-order valence-corrected chi connectivity index (χ1v) is 5.12. The fourth-order valence-corrected chi connectivity index (χ4v) is 2.02. The van der Waals surface area contributed by atoms with E-state index in [1.54, 1.807) is 11.8 Å². The largest absolute Gasteiger partial charge is 0.326 e. The lowest BCUT2D eigenvalue weighted by Crippen LogP contribution is -2.03. The molecule has 1 aromatic rings. The molecule has 0 bridgehead atoms. The zero-order valence-corrected chi connectivity index (χ0v) is 8.53. The Labute approximate surface area is 77.6 Å². The van der Waals surface area contributed by atoms with Crippen molar-refractivity contribution in [3.05, 3.63) is 23.0 Å². The van der Waals surface area contributed by atoms with Crippen molar-refractivity contribution in [2.45, 2.75) is 25.3 Å². The van der Waals surface area contributed by atoms with Crippen molar-refractivity contribution in [1.82, 2.24) is 4.98 Å². The van der Waals surface area contributed by atoms with Crippen molar-refractivity contribution in [2.75, 3.05) is 6.26 Å². The standard InChI is InChI=1S/C9H14N2S/c1-6-4-9(12-3)8(5-10)7(2)11-6/h4H,5,10H2,1-3H3. The third-order valence-electron chi connectivity index (χ3n) is 1.84. The minimum absolute atomic E-state index is 0.579. The van der Waals surface area contributed by atoms with Crippen LogP contribution in [-0.4, -0.2) is 11.2 Å². The molecule has 0 aliphatic carbocycles. The van der Waals surface area contributed by atoms with E-state index in [2.05, 4.69) is 17.3 Å². The van der Waals surface area contributed by atoms with Gasteiger partial charge >= 0.3 is 0 Å². The van der Waals surface area contributed by atoms with Crippen LogP contribution in [0.15, 0.2) is 11.0 Å². The molecular weight excluding hydrogens is 168 g/mol. The molecular formula is C9H14N2S. The first-order valence-electron chi connectivity index (χ1n) is 3.90. The van der Waals surface area contributed by atoms with Gasteiger partial charge in [0.25, 0.3) is 0 Å². The van der Waals surface area contributed by atoms with E-state index >= 15 is 0 Å². The van der Waals surface area contributed by atoms with Crippen molar-refractivity contribution >= 4 is 11.8 Å². The summed E-state index contributed by atoms with van der Waals surface area (Å²) in [7, 11) is 0. The van der Waals surface area contributed by atoms with Crippen molar-refractivity contribution in [3.8, 4) is 0 Å². The minimum atomic E-state index is 0.579. The van der Waals surface area contributed by atoms with Crippen molar-refractivity contribution in [3.63, 3.8) is 0 Å². The predicted molar refractivity (Wildman–Crippen MR) is 53.4 cm³/mol. The highest BCUT2D eigenvalue weighted by Crippen LogP contribution is 2.22. The van der Waals surface area contributed by atoms with Gasteiger partial charge in [-0.1, -0.05) is 0 Å². The van der Waals surface area contributed by atoms with Gasteiger partial charge in [0.15, 0.2) is 0 Å². The van der Waals surface area contributed by atoms with Gasteiger partial charge in [-0.2, -0.15) is 0 Å². The molecule has 0 fully saturated rings. The smallest absolute Gasteiger partial charge is 0.0431 e. The van der Waals surface area contributed by atoms with Gasteiger partial charge in [-0.25, -0.2) is 0 Å². The van der Waals surface area contributed by atoms with Crippen LogP contribution in [0.1, 0.15) is 17.0 Å². The van der Waals surface area contributed by atoms with Crippen LogP contribution >= 0.6 is 11.8 Å². The molecule has 0 spiro atoms. The van der Waals surface area contributed by atoms with Crippen LogP contribution in [0.4, 0.5) is 0 Å². The monoisotopic (exact) mass is 182 g/mol. The Bertz CT molecular complexity index is 284. The second kappa shape index (κ2) is 3.92. The molecule has 0 unspecified atom stereocenters. The summed E-state index contributed by atoms with van der Waals surface area (Å²) in [4.78, 5) is 5.61. The minimum Gasteiger partial charge on any atom is -0.326 e.